The third kappa shape index (κ3) is 2.13. The van der Waals surface area contributed by atoms with Gasteiger partial charge in [-0.05, 0) is 24.5 Å². The van der Waals surface area contributed by atoms with Gasteiger partial charge in [0.1, 0.15) is 5.82 Å². The standard InChI is InChI=1S/C16H20N4OS/c1-19-9-11(7-18-19)14-10-20(22)15-13(14)6-12(8-17-15)16(21)4-2-3-5-16/h6-9,14,21-22H,2-5,10H2,1H3. The summed E-state index contributed by atoms with van der Waals surface area (Å²) < 4.78 is 3.70. The lowest BCUT2D eigenvalue weighted by atomic mass is 9.89. The quantitative estimate of drug-likeness (QED) is 0.835. The first-order valence-corrected chi connectivity index (χ1v) is 8.14. The van der Waals surface area contributed by atoms with Gasteiger partial charge in [0.2, 0.25) is 0 Å². The number of aryl methyl sites for hydroxylation is 1. The molecule has 4 rings (SSSR count). The maximum Gasteiger partial charge on any atom is 0.142 e. The largest absolute Gasteiger partial charge is 0.385 e. The molecular weight excluding hydrogens is 296 g/mol. The van der Waals surface area contributed by atoms with Crippen molar-refractivity contribution in [2.45, 2.75) is 37.2 Å². The zero-order chi connectivity index (χ0) is 15.3. The van der Waals surface area contributed by atoms with E-state index in [0.717, 1.165) is 54.7 Å². The molecule has 6 heteroatoms. The molecule has 2 aromatic rings. The minimum atomic E-state index is -0.703. The Morgan fingerprint density at radius 3 is 2.77 bits per heavy atom. The van der Waals surface area contributed by atoms with Crippen LogP contribution in [0.5, 0.6) is 0 Å². The van der Waals surface area contributed by atoms with Gasteiger partial charge in [0, 0.05) is 43.0 Å². The lowest BCUT2D eigenvalue weighted by molar-refractivity contribution is 0.0441. The van der Waals surface area contributed by atoms with Gasteiger partial charge in [-0.2, -0.15) is 5.10 Å². The molecule has 1 N–H and O–H groups in total. The van der Waals surface area contributed by atoms with Gasteiger partial charge in [-0.1, -0.05) is 25.7 Å². The smallest absolute Gasteiger partial charge is 0.142 e. The highest BCUT2D eigenvalue weighted by molar-refractivity contribution is 7.81. The van der Waals surface area contributed by atoms with E-state index in [1.807, 2.05) is 34.6 Å². The van der Waals surface area contributed by atoms with Crippen LogP contribution in [-0.4, -0.2) is 26.4 Å². The molecule has 0 amide bonds. The molecule has 0 saturated heterocycles. The highest BCUT2D eigenvalue weighted by atomic mass is 32.1. The molecule has 0 bridgehead atoms. The molecule has 2 aromatic heterocycles. The van der Waals surface area contributed by atoms with Crippen LogP contribution in [0.15, 0.2) is 24.7 Å². The second-order valence-electron chi connectivity index (χ2n) is 6.46. The molecule has 0 radical (unpaired) electrons. The Kier molecular flexibility index (Phi) is 3.20. The van der Waals surface area contributed by atoms with Gasteiger partial charge < -0.3 is 9.41 Å². The number of fused-ring (bicyclic) bond motifs is 1. The van der Waals surface area contributed by atoms with Crippen LogP contribution in [0.3, 0.4) is 0 Å². The molecule has 5 nitrogen and oxygen atoms in total. The highest BCUT2D eigenvalue weighted by Crippen LogP contribution is 2.44. The van der Waals surface area contributed by atoms with Crippen LogP contribution >= 0.6 is 12.8 Å². The Bertz CT molecular complexity index is 708. The first kappa shape index (κ1) is 14.1. The van der Waals surface area contributed by atoms with E-state index >= 15 is 0 Å². The van der Waals surface area contributed by atoms with Gasteiger partial charge >= 0.3 is 0 Å². The summed E-state index contributed by atoms with van der Waals surface area (Å²) in [6.45, 7) is 0.777. The zero-order valence-corrected chi connectivity index (χ0v) is 13.5. The normalized spacial score (nSPS) is 23.0. The van der Waals surface area contributed by atoms with Crippen LogP contribution in [-0.2, 0) is 12.6 Å². The van der Waals surface area contributed by atoms with Crippen molar-refractivity contribution in [1.82, 2.24) is 14.8 Å². The van der Waals surface area contributed by atoms with Crippen molar-refractivity contribution in [3.8, 4) is 0 Å². The SMILES string of the molecule is Cn1cc(C2CN(S)c3ncc(C4(O)CCCC4)cc32)cn1. The van der Waals surface area contributed by atoms with Gasteiger partial charge in [-0.3, -0.25) is 4.68 Å². The van der Waals surface area contributed by atoms with Crippen molar-refractivity contribution >= 4 is 18.6 Å². The summed E-state index contributed by atoms with van der Waals surface area (Å²) in [5.41, 5.74) is 2.55. The fraction of sp³-hybridized carbons (Fsp3) is 0.500. The van der Waals surface area contributed by atoms with Crippen molar-refractivity contribution in [2.75, 3.05) is 10.8 Å². The van der Waals surface area contributed by atoms with Gasteiger partial charge in [0.05, 0.1) is 11.8 Å². The van der Waals surface area contributed by atoms with E-state index in [2.05, 4.69) is 29.0 Å². The second-order valence-corrected chi connectivity index (χ2v) is 6.94. The first-order valence-electron chi connectivity index (χ1n) is 7.74. The van der Waals surface area contributed by atoms with Crippen LogP contribution in [0.4, 0.5) is 5.82 Å². The predicted molar refractivity (Wildman–Crippen MR) is 88.0 cm³/mol. The lowest BCUT2D eigenvalue weighted by Crippen LogP contribution is -2.21. The summed E-state index contributed by atoms with van der Waals surface area (Å²) in [6, 6.07) is 2.13. The third-order valence-corrected chi connectivity index (χ3v) is 5.32. The molecule has 0 spiro atoms. The molecule has 1 unspecified atom stereocenters. The fourth-order valence-electron chi connectivity index (χ4n) is 3.71. The molecule has 1 fully saturated rings. The molecule has 22 heavy (non-hydrogen) atoms. The highest BCUT2D eigenvalue weighted by Gasteiger charge is 2.37. The monoisotopic (exact) mass is 316 g/mol. The topological polar surface area (TPSA) is 54.2 Å². The summed E-state index contributed by atoms with van der Waals surface area (Å²) >= 11 is 4.53. The first-order chi connectivity index (χ1) is 10.6. The maximum absolute atomic E-state index is 10.8. The van der Waals surface area contributed by atoms with Crippen LogP contribution < -0.4 is 4.31 Å². The number of rotatable bonds is 2. The van der Waals surface area contributed by atoms with Crippen molar-refractivity contribution < 1.29 is 5.11 Å². The molecule has 1 aliphatic heterocycles. The molecule has 1 aliphatic carbocycles. The van der Waals surface area contributed by atoms with Gasteiger partial charge in [-0.15, -0.1) is 0 Å². The van der Waals surface area contributed by atoms with E-state index < -0.39 is 5.60 Å². The Hall–Kier alpha value is -1.53. The number of thiol groups is 1. The number of hydrogen-bond acceptors (Lipinski definition) is 5. The average Bonchev–Trinajstić information content (AvgIpc) is 3.20. The number of hydrogen-bond donors (Lipinski definition) is 2. The average molecular weight is 316 g/mol. The second kappa shape index (κ2) is 4.99. The van der Waals surface area contributed by atoms with Crippen molar-refractivity contribution in [1.29, 1.82) is 0 Å². The van der Waals surface area contributed by atoms with Gasteiger partial charge in [0.25, 0.3) is 0 Å². The van der Waals surface area contributed by atoms with Crippen molar-refractivity contribution in [2.24, 2.45) is 7.05 Å². The Morgan fingerprint density at radius 2 is 2.09 bits per heavy atom. The van der Waals surface area contributed by atoms with E-state index in [-0.39, 0.29) is 5.92 Å². The third-order valence-electron chi connectivity index (χ3n) is 4.97. The van der Waals surface area contributed by atoms with Crippen LogP contribution in [0, 0.1) is 0 Å². The lowest BCUT2D eigenvalue weighted by Gasteiger charge is -2.23. The predicted octanol–water partition coefficient (Wildman–Crippen LogP) is 2.37. The number of aromatic nitrogens is 3. The number of anilines is 1. The van der Waals surface area contributed by atoms with Gasteiger partial charge in [0.15, 0.2) is 0 Å². The fourth-order valence-corrected chi connectivity index (χ4v) is 4.04. The van der Waals surface area contributed by atoms with E-state index in [9.17, 15) is 5.11 Å². The summed E-state index contributed by atoms with van der Waals surface area (Å²) in [6.07, 6.45) is 9.58. The molecule has 2 aliphatic rings. The number of nitrogens with zero attached hydrogens (tertiary/aromatic N) is 4. The van der Waals surface area contributed by atoms with Crippen molar-refractivity contribution in [3.05, 3.63) is 41.3 Å². The molecule has 0 aromatic carbocycles. The zero-order valence-electron chi connectivity index (χ0n) is 12.6. The summed E-state index contributed by atoms with van der Waals surface area (Å²) in [5, 5.41) is 15.1. The number of pyridine rings is 1. The minimum absolute atomic E-state index is 0.207. The molecular formula is C16H20N4OS. The Balaban J connectivity index is 1.77. The van der Waals surface area contributed by atoms with E-state index in [0.29, 0.717) is 0 Å². The van der Waals surface area contributed by atoms with Crippen LogP contribution in [0.2, 0.25) is 0 Å². The maximum atomic E-state index is 10.8. The Morgan fingerprint density at radius 1 is 1.32 bits per heavy atom. The van der Waals surface area contributed by atoms with E-state index in [1.54, 1.807) is 0 Å². The summed E-state index contributed by atoms with van der Waals surface area (Å²) in [7, 11) is 1.92. The molecule has 1 atom stereocenters. The van der Waals surface area contributed by atoms with Gasteiger partial charge in [-0.25, -0.2) is 4.98 Å². The van der Waals surface area contributed by atoms with Crippen molar-refractivity contribution in [3.63, 3.8) is 0 Å². The van der Waals surface area contributed by atoms with Crippen LogP contribution in [0.25, 0.3) is 0 Å². The Labute approximate surface area is 135 Å². The number of aliphatic hydroxyl groups is 1. The van der Waals surface area contributed by atoms with E-state index in [4.69, 9.17) is 0 Å². The minimum Gasteiger partial charge on any atom is -0.385 e. The van der Waals surface area contributed by atoms with E-state index in [1.165, 1.54) is 0 Å². The molecule has 3 heterocycles. The molecule has 116 valence electrons. The molecule has 1 saturated carbocycles. The summed E-state index contributed by atoms with van der Waals surface area (Å²) in [5.74, 6) is 1.10. The van der Waals surface area contributed by atoms with Crippen LogP contribution in [0.1, 0.15) is 48.3 Å². The summed E-state index contributed by atoms with van der Waals surface area (Å²) in [4.78, 5) is 4.57.